The third kappa shape index (κ3) is 4.79. The van der Waals surface area contributed by atoms with Crippen molar-refractivity contribution in [3.05, 3.63) is 30.3 Å². The Morgan fingerprint density at radius 1 is 1.37 bits per heavy atom. The van der Waals surface area contributed by atoms with Gasteiger partial charge in [-0.1, -0.05) is 18.2 Å². The van der Waals surface area contributed by atoms with E-state index in [1.165, 1.54) is 7.05 Å². The molecule has 0 bridgehead atoms. The molecule has 0 saturated carbocycles. The quantitative estimate of drug-likeness (QED) is 0.436. The summed E-state index contributed by atoms with van der Waals surface area (Å²) in [5, 5.41) is 0. The van der Waals surface area contributed by atoms with Gasteiger partial charge in [0.25, 0.3) is 0 Å². The summed E-state index contributed by atoms with van der Waals surface area (Å²) in [5.41, 5.74) is 5.04. The molecule has 1 aromatic rings. The van der Waals surface area contributed by atoms with Crippen LogP contribution in [-0.2, 0) is 14.4 Å². The number of benzene rings is 1. The second-order valence-electron chi connectivity index (χ2n) is 4.03. The van der Waals surface area contributed by atoms with Gasteiger partial charge >= 0.3 is 5.97 Å². The second-order valence-corrected chi connectivity index (χ2v) is 4.03. The average Bonchev–Trinajstić information content (AvgIpc) is 2.39. The summed E-state index contributed by atoms with van der Waals surface area (Å²) in [6, 6.07) is 7.67. The summed E-state index contributed by atoms with van der Waals surface area (Å²) in [7, 11) is 1.45. The number of para-hydroxylation sites is 1. The molecular weight excluding hydrogens is 248 g/mol. The van der Waals surface area contributed by atoms with E-state index in [9.17, 15) is 14.4 Å². The molecule has 0 fully saturated rings. The topological polar surface area (TPSA) is 89.7 Å². The Bertz CT molecular complexity index is 447. The standard InChI is InChI=1S/C13H16N2O4/c1-15(9-16)11(7-8-12(14)17)13(18)19-10-5-3-2-4-6-10/h2-6,9,11H,7-8H2,1H3,(H2,14,17)/t11-/m0/s1. The van der Waals surface area contributed by atoms with Gasteiger partial charge in [-0.15, -0.1) is 0 Å². The van der Waals surface area contributed by atoms with E-state index in [-0.39, 0.29) is 12.8 Å². The van der Waals surface area contributed by atoms with Gasteiger partial charge in [0.1, 0.15) is 11.8 Å². The number of hydrogen-bond acceptors (Lipinski definition) is 4. The van der Waals surface area contributed by atoms with Gasteiger partial charge in [-0.05, 0) is 18.6 Å². The number of esters is 1. The lowest BCUT2D eigenvalue weighted by molar-refractivity contribution is -0.143. The molecule has 0 aromatic heterocycles. The molecule has 19 heavy (non-hydrogen) atoms. The summed E-state index contributed by atoms with van der Waals surface area (Å²) in [5.74, 6) is -0.741. The molecular formula is C13H16N2O4. The molecule has 0 saturated heterocycles. The Morgan fingerprint density at radius 3 is 2.53 bits per heavy atom. The van der Waals surface area contributed by atoms with Crippen LogP contribution in [0.15, 0.2) is 30.3 Å². The number of likely N-dealkylation sites (N-methyl/N-ethyl adjacent to an activating group) is 1. The van der Waals surface area contributed by atoms with Crippen LogP contribution in [-0.4, -0.2) is 36.3 Å². The van der Waals surface area contributed by atoms with E-state index in [1.807, 2.05) is 0 Å². The van der Waals surface area contributed by atoms with Gasteiger partial charge in [-0.2, -0.15) is 0 Å². The Hall–Kier alpha value is -2.37. The maximum atomic E-state index is 12.0. The Morgan fingerprint density at radius 2 is 2.00 bits per heavy atom. The number of nitrogens with zero attached hydrogens (tertiary/aromatic N) is 1. The molecule has 1 aromatic carbocycles. The third-order valence-electron chi connectivity index (χ3n) is 2.56. The van der Waals surface area contributed by atoms with Gasteiger partial charge in [-0.25, -0.2) is 4.79 Å². The normalized spacial score (nSPS) is 11.4. The van der Waals surface area contributed by atoms with Crippen molar-refractivity contribution in [2.45, 2.75) is 18.9 Å². The smallest absolute Gasteiger partial charge is 0.334 e. The van der Waals surface area contributed by atoms with Crippen molar-refractivity contribution in [1.29, 1.82) is 0 Å². The van der Waals surface area contributed by atoms with Crippen molar-refractivity contribution in [2.24, 2.45) is 5.73 Å². The van der Waals surface area contributed by atoms with Crippen LogP contribution in [0.2, 0.25) is 0 Å². The minimum Gasteiger partial charge on any atom is -0.425 e. The van der Waals surface area contributed by atoms with Crippen molar-refractivity contribution in [3.8, 4) is 5.75 Å². The summed E-state index contributed by atoms with van der Waals surface area (Å²) in [6.45, 7) is 0. The van der Waals surface area contributed by atoms with E-state index in [1.54, 1.807) is 30.3 Å². The van der Waals surface area contributed by atoms with E-state index in [2.05, 4.69) is 0 Å². The zero-order valence-electron chi connectivity index (χ0n) is 10.6. The van der Waals surface area contributed by atoms with Crippen LogP contribution in [0.4, 0.5) is 0 Å². The number of primary amides is 1. The van der Waals surface area contributed by atoms with Gasteiger partial charge in [0.15, 0.2) is 0 Å². The summed E-state index contributed by atoms with van der Waals surface area (Å²) < 4.78 is 5.14. The Balaban J connectivity index is 2.71. The maximum Gasteiger partial charge on any atom is 0.334 e. The Kier molecular flexibility index (Phi) is 5.53. The molecule has 1 rings (SSSR count). The van der Waals surface area contributed by atoms with Crippen LogP contribution in [0.5, 0.6) is 5.75 Å². The summed E-state index contributed by atoms with van der Waals surface area (Å²) in [4.78, 5) is 34.6. The van der Waals surface area contributed by atoms with Gasteiger partial charge in [0.2, 0.25) is 12.3 Å². The first-order valence-corrected chi connectivity index (χ1v) is 5.77. The SMILES string of the molecule is CN(C=O)[C@@H](CCC(N)=O)C(=O)Oc1ccccc1. The number of carbonyl (C=O) groups is 3. The fourth-order valence-corrected chi connectivity index (χ4v) is 1.51. The number of nitrogens with two attached hydrogens (primary N) is 1. The molecule has 0 radical (unpaired) electrons. The molecule has 0 spiro atoms. The van der Waals surface area contributed by atoms with E-state index in [0.29, 0.717) is 12.2 Å². The Labute approximate surface area is 111 Å². The minimum atomic E-state index is -0.829. The first-order chi connectivity index (χ1) is 9.04. The second kappa shape index (κ2) is 7.15. The molecule has 6 nitrogen and oxygen atoms in total. The molecule has 0 unspecified atom stereocenters. The molecule has 6 heteroatoms. The number of hydrogen-bond donors (Lipinski definition) is 1. The number of rotatable bonds is 7. The highest BCUT2D eigenvalue weighted by molar-refractivity contribution is 5.81. The van der Waals surface area contributed by atoms with Crippen molar-refractivity contribution < 1.29 is 19.1 Å². The molecule has 0 aliphatic carbocycles. The largest absolute Gasteiger partial charge is 0.425 e. The molecule has 0 heterocycles. The summed E-state index contributed by atoms with van der Waals surface area (Å²) >= 11 is 0. The van der Waals surface area contributed by atoms with E-state index in [0.717, 1.165) is 4.90 Å². The van der Waals surface area contributed by atoms with Gasteiger partial charge in [-0.3, -0.25) is 9.59 Å². The van der Waals surface area contributed by atoms with Crippen molar-refractivity contribution in [3.63, 3.8) is 0 Å². The lowest BCUT2D eigenvalue weighted by atomic mass is 10.1. The number of amides is 2. The number of carbonyl (C=O) groups excluding carboxylic acids is 3. The van der Waals surface area contributed by atoms with Crippen molar-refractivity contribution >= 4 is 18.3 Å². The maximum absolute atomic E-state index is 12.0. The first kappa shape index (κ1) is 14.7. The van der Waals surface area contributed by atoms with Crippen molar-refractivity contribution in [1.82, 2.24) is 4.90 Å². The fraction of sp³-hybridized carbons (Fsp3) is 0.308. The third-order valence-corrected chi connectivity index (χ3v) is 2.56. The molecule has 2 N–H and O–H groups in total. The van der Waals surface area contributed by atoms with Crippen LogP contribution < -0.4 is 10.5 Å². The van der Waals surface area contributed by atoms with E-state index in [4.69, 9.17) is 10.5 Å². The van der Waals surface area contributed by atoms with E-state index >= 15 is 0 Å². The number of ether oxygens (including phenoxy) is 1. The summed E-state index contributed by atoms with van der Waals surface area (Å²) in [6.07, 6.45) is 0.654. The van der Waals surface area contributed by atoms with Crippen LogP contribution in [0.3, 0.4) is 0 Å². The fourth-order valence-electron chi connectivity index (χ4n) is 1.51. The van der Waals surface area contributed by atoms with Crippen LogP contribution in [0.1, 0.15) is 12.8 Å². The molecule has 1 atom stereocenters. The lowest BCUT2D eigenvalue weighted by Gasteiger charge is -2.22. The highest BCUT2D eigenvalue weighted by Gasteiger charge is 2.24. The van der Waals surface area contributed by atoms with Gasteiger partial charge in [0.05, 0.1) is 0 Å². The molecule has 102 valence electrons. The van der Waals surface area contributed by atoms with Crippen LogP contribution >= 0.6 is 0 Å². The highest BCUT2D eigenvalue weighted by atomic mass is 16.5. The first-order valence-electron chi connectivity index (χ1n) is 5.77. The highest BCUT2D eigenvalue weighted by Crippen LogP contribution is 2.12. The van der Waals surface area contributed by atoms with Gasteiger partial charge in [0, 0.05) is 13.5 Å². The predicted molar refractivity (Wildman–Crippen MR) is 68.1 cm³/mol. The monoisotopic (exact) mass is 264 g/mol. The van der Waals surface area contributed by atoms with Crippen LogP contribution in [0.25, 0.3) is 0 Å². The zero-order chi connectivity index (χ0) is 14.3. The molecule has 2 amide bonds. The minimum absolute atomic E-state index is 0.00668. The zero-order valence-corrected chi connectivity index (χ0v) is 10.6. The lowest BCUT2D eigenvalue weighted by Crippen LogP contribution is -2.40. The van der Waals surface area contributed by atoms with E-state index < -0.39 is 17.9 Å². The van der Waals surface area contributed by atoms with Gasteiger partial charge < -0.3 is 15.4 Å². The van der Waals surface area contributed by atoms with Crippen LogP contribution in [0, 0.1) is 0 Å². The average molecular weight is 264 g/mol. The van der Waals surface area contributed by atoms with Crippen molar-refractivity contribution in [2.75, 3.05) is 7.05 Å². The molecule has 0 aliphatic rings. The predicted octanol–water partition coefficient (Wildman–Crippen LogP) is 0.314. The molecule has 0 aliphatic heterocycles.